The summed E-state index contributed by atoms with van der Waals surface area (Å²) >= 11 is 14.5. The molecule has 0 bridgehead atoms. The van der Waals surface area contributed by atoms with Crippen molar-refractivity contribution in [2.24, 2.45) is 0 Å². The molecule has 10 nitrogen and oxygen atoms in total. The van der Waals surface area contributed by atoms with Crippen LogP contribution in [0.5, 0.6) is 0 Å². The van der Waals surface area contributed by atoms with E-state index in [0.29, 0.717) is 21.4 Å². The van der Waals surface area contributed by atoms with E-state index in [1.165, 1.54) is 10.6 Å². The smallest absolute Gasteiger partial charge is 0.435 e. The standard InChI is InChI=1S/C22H18Cl2IN5O5/c1-11-7-13(23)8-15(20(32)28-30(12(2)31)22(34)35-3)18(11)27-21(33)17-9-14(25)10-29(17)19-16(24)5-4-6-26-19/h4-10H,1-3H3,(H,27,33)(H,28,32). The second kappa shape index (κ2) is 11.1. The second-order valence-electron chi connectivity index (χ2n) is 7.09. The molecule has 0 spiro atoms. The number of carbonyl (C=O) groups is 4. The van der Waals surface area contributed by atoms with Crippen molar-refractivity contribution < 1.29 is 23.9 Å². The molecule has 13 heteroatoms. The van der Waals surface area contributed by atoms with E-state index in [1.807, 2.05) is 0 Å². The Morgan fingerprint density at radius 2 is 1.86 bits per heavy atom. The van der Waals surface area contributed by atoms with Gasteiger partial charge in [-0.25, -0.2) is 9.78 Å². The molecule has 35 heavy (non-hydrogen) atoms. The Kier molecular flexibility index (Phi) is 8.35. The van der Waals surface area contributed by atoms with E-state index in [0.717, 1.165) is 17.6 Å². The second-order valence-corrected chi connectivity index (χ2v) is 9.18. The average molecular weight is 630 g/mol. The molecule has 182 valence electrons. The summed E-state index contributed by atoms with van der Waals surface area (Å²) in [5, 5.41) is 3.66. The lowest BCUT2D eigenvalue weighted by Crippen LogP contribution is -2.49. The number of imide groups is 1. The van der Waals surface area contributed by atoms with Crippen molar-refractivity contribution in [2.75, 3.05) is 12.4 Å². The van der Waals surface area contributed by atoms with E-state index in [4.69, 9.17) is 23.2 Å². The summed E-state index contributed by atoms with van der Waals surface area (Å²) in [7, 11) is 1.06. The summed E-state index contributed by atoms with van der Waals surface area (Å²) in [5.41, 5.74) is 2.88. The van der Waals surface area contributed by atoms with E-state index in [9.17, 15) is 19.2 Å². The van der Waals surface area contributed by atoms with Crippen molar-refractivity contribution in [2.45, 2.75) is 13.8 Å². The third-order valence-corrected chi connectivity index (χ3v) is 5.76. The monoisotopic (exact) mass is 629 g/mol. The van der Waals surface area contributed by atoms with Crippen LogP contribution in [0.4, 0.5) is 10.5 Å². The van der Waals surface area contributed by atoms with Crippen LogP contribution in [-0.2, 0) is 9.53 Å². The predicted molar refractivity (Wildman–Crippen MR) is 138 cm³/mol. The van der Waals surface area contributed by atoms with Gasteiger partial charge in [-0.2, -0.15) is 5.01 Å². The maximum atomic E-state index is 13.3. The number of aryl methyl sites for hydroxylation is 1. The number of anilines is 1. The Labute approximate surface area is 223 Å². The number of rotatable bonds is 4. The summed E-state index contributed by atoms with van der Waals surface area (Å²) in [4.78, 5) is 54.2. The molecule has 3 aromatic rings. The zero-order valence-electron chi connectivity index (χ0n) is 18.6. The van der Waals surface area contributed by atoms with Gasteiger partial charge in [-0.05, 0) is 65.4 Å². The van der Waals surface area contributed by atoms with E-state index in [1.54, 1.807) is 43.6 Å². The van der Waals surface area contributed by atoms with Crippen LogP contribution < -0.4 is 10.7 Å². The summed E-state index contributed by atoms with van der Waals surface area (Å²) in [6.45, 7) is 2.71. The summed E-state index contributed by atoms with van der Waals surface area (Å²) < 4.78 is 6.79. The molecule has 0 aliphatic rings. The normalized spacial score (nSPS) is 10.5. The maximum Gasteiger partial charge on any atom is 0.435 e. The number of amides is 4. The minimum absolute atomic E-state index is 0.0813. The number of nitrogens with one attached hydrogen (secondary N) is 2. The van der Waals surface area contributed by atoms with Crippen molar-refractivity contribution in [3.05, 3.63) is 73.2 Å². The first-order valence-corrected chi connectivity index (χ1v) is 11.7. The van der Waals surface area contributed by atoms with Crippen molar-refractivity contribution in [1.29, 1.82) is 0 Å². The van der Waals surface area contributed by atoms with Crippen LogP contribution in [0.1, 0.15) is 33.3 Å². The highest BCUT2D eigenvalue weighted by molar-refractivity contribution is 14.1. The number of ether oxygens (including phenoxy) is 1. The van der Waals surface area contributed by atoms with E-state index >= 15 is 0 Å². The number of methoxy groups -OCH3 is 1. The fourth-order valence-corrected chi connectivity index (χ4v) is 4.17. The van der Waals surface area contributed by atoms with Gasteiger partial charge >= 0.3 is 6.09 Å². The topological polar surface area (TPSA) is 123 Å². The summed E-state index contributed by atoms with van der Waals surface area (Å²) in [6.07, 6.45) is 2.14. The number of hydrogen-bond acceptors (Lipinski definition) is 6. The molecular weight excluding hydrogens is 612 g/mol. The lowest BCUT2D eigenvalue weighted by Gasteiger charge is -2.20. The molecule has 0 aliphatic carbocycles. The van der Waals surface area contributed by atoms with Gasteiger partial charge in [0.25, 0.3) is 11.8 Å². The number of halogens is 3. The van der Waals surface area contributed by atoms with Crippen molar-refractivity contribution >= 4 is 75.3 Å². The molecule has 2 aromatic heterocycles. The van der Waals surface area contributed by atoms with Gasteiger partial charge in [0, 0.05) is 27.9 Å². The number of hydrogen-bond donors (Lipinski definition) is 2. The molecule has 0 aliphatic heterocycles. The van der Waals surface area contributed by atoms with Crippen LogP contribution in [-0.4, -0.2) is 45.5 Å². The molecule has 0 saturated carbocycles. The van der Waals surface area contributed by atoms with Crippen LogP contribution in [0, 0.1) is 10.5 Å². The molecular formula is C22H18Cl2IN5O5. The number of benzene rings is 1. The highest BCUT2D eigenvalue weighted by Crippen LogP contribution is 2.28. The Balaban J connectivity index is 2.00. The van der Waals surface area contributed by atoms with Gasteiger partial charge in [0.1, 0.15) is 5.69 Å². The lowest BCUT2D eigenvalue weighted by molar-refractivity contribution is -0.129. The largest absolute Gasteiger partial charge is 0.451 e. The number of pyridine rings is 1. The molecule has 0 unspecified atom stereocenters. The molecule has 0 atom stereocenters. The highest BCUT2D eigenvalue weighted by Gasteiger charge is 2.26. The van der Waals surface area contributed by atoms with Crippen LogP contribution in [0.25, 0.3) is 5.82 Å². The molecule has 1 aromatic carbocycles. The first kappa shape index (κ1) is 26.4. The fourth-order valence-electron chi connectivity index (χ4n) is 3.11. The Morgan fingerprint density at radius 3 is 2.49 bits per heavy atom. The number of hydrazine groups is 1. The van der Waals surface area contributed by atoms with Gasteiger partial charge in [-0.15, -0.1) is 0 Å². The van der Waals surface area contributed by atoms with E-state index in [-0.39, 0.29) is 22.0 Å². The van der Waals surface area contributed by atoms with Crippen LogP contribution in [0.3, 0.4) is 0 Å². The first-order valence-electron chi connectivity index (χ1n) is 9.83. The van der Waals surface area contributed by atoms with Crippen LogP contribution in [0.2, 0.25) is 10.0 Å². The summed E-state index contributed by atoms with van der Waals surface area (Å²) in [6, 6.07) is 7.79. The third-order valence-electron chi connectivity index (χ3n) is 4.66. The van der Waals surface area contributed by atoms with Gasteiger partial charge in [0.15, 0.2) is 5.82 Å². The fraction of sp³-hybridized carbons (Fsp3) is 0.136. The van der Waals surface area contributed by atoms with Crippen LogP contribution >= 0.6 is 45.8 Å². The quantitative estimate of drug-likeness (QED) is 0.321. The third kappa shape index (κ3) is 5.92. The molecule has 0 fully saturated rings. The molecule has 2 N–H and O–H groups in total. The van der Waals surface area contributed by atoms with E-state index < -0.39 is 23.8 Å². The van der Waals surface area contributed by atoms with E-state index in [2.05, 4.69) is 43.1 Å². The molecule has 4 amide bonds. The molecule has 0 radical (unpaired) electrons. The predicted octanol–water partition coefficient (Wildman–Crippen LogP) is 4.60. The molecule has 2 heterocycles. The van der Waals surface area contributed by atoms with Gasteiger partial charge in [-0.3, -0.25) is 24.4 Å². The molecule has 0 saturated heterocycles. The Hall–Kier alpha value is -3.16. The highest BCUT2D eigenvalue weighted by atomic mass is 127. The minimum Gasteiger partial charge on any atom is -0.451 e. The van der Waals surface area contributed by atoms with Crippen molar-refractivity contribution in [3.63, 3.8) is 0 Å². The molecule has 3 rings (SSSR count). The van der Waals surface area contributed by atoms with Crippen molar-refractivity contribution in [3.8, 4) is 5.82 Å². The van der Waals surface area contributed by atoms with Gasteiger partial charge < -0.3 is 10.1 Å². The Morgan fingerprint density at radius 1 is 1.14 bits per heavy atom. The number of nitrogens with zero attached hydrogens (tertiary/aromatic N) is 3. The number of carbonyl (C=O) groups excluding carboxylic acids is 4. The zero-order chi connectivity index (χ0) is 25.9. The van der Waals surface area contributed by atoms with Crippen molar-refractivity contribution in [1.82, 2.24) is 20.0 Å². The van der Waals surface area contributed by atoms with Gasteiger partial charge in [-0.1, -0.05) is 23.2 Å². The SMILES string of the molecule is COC(=O)N(NC(=O)c1cc(Cl)cc(C)c1NC(=O)c1cc(I)cn1-c1ncccc1Cl)C(C)=O. The average Bonchev–Trinajstić information content (AvgIpc) is 3.19. The summed E-state index contributed by atoms with van der Waals surface area (Å²) in [5.74, 6) is -1.87. The maximum absolute atomic E-state index is 13.3. The lowest BCUT2D eigenvalue weighted by atomic mass is 10.1. The van der Waals surface area contributed by atoms with Gasteiger partial charge in [0.05, 0.1) is 23.4 Å². The number of aromatic nitrogens is 2. The minimum atomic E-state index is -1.09. The zero-order valence-corrected chi connectivity index (χ0v) is 22.2. The first-order chi connectivity index (χ1) is 16.5. The van der Waals surface area contributed by atoms with Crippen LogP contribution in [0.15, 0.2) is 42.7 Å². The Bertz CT molecular complexity index is 1340. The van der Waals surface area contributed by atoms with Gasteiger partial charge in [0.2, 0.25) is 5.91 Å².